The van der Waals surface area contributed by atoms with Crippen LogP contribution < -0.4 is 0 Å². The second-order valence-electron chi connectivity index (χ2n) is 3.33. The molecule has 0 aliphatic rings. The van der Waals surface area contributed by atoms with E-state index in [-0.39, 0.29) is 0 Å². The van der Waals surface area contributed by atoms with Crippen LogP contribution in [0.3, 0.4) is 0 Å². The molecule has 1 aromatic carbocycles. The predicted molar refractivity (Wildman–Crippen MR) is 60.2 cm³/mol. The van der Waals surface area contributed by atoms with E-state index in [1.54, 1.807) is 0 Å². The average Bonchev–Trinajstić information content (AvgIpc) is 2.45. The number of hydrogen-bond donors (Lipinski definition) is 1. The number of aryl methyl sites for hydroxylation is 2. The van der Waals surface area contributed by atoms with Crippen molar-refractivity contribution in [3.63, 3.8) is 0 Å². The second-order valence-corrected chi connectivity index (χ2v) is 4.19. The van der Waals surface area contributed by atoms with Crippen molar-refractivity contribution >= 4 is 26.8 Å². The van der Waals surface area contributed by atoms with Gasteiger partial charge in [-0.1, -0.05) is 15.9 Å². The Hall–Kier alpha value is -1.27. The van der Waals surface area contributed by atoms with Crippen LogP contribution in [0.4, 0.5) is 0 Å². The van der Waals surface area contributed by atoms with Gasteiger partial charge in [-0.3, -0.25) is 0 Å². The number of nitrogens with one attached hydrogen (secondary N) is 1. The highest BCUT2D eigenvalue weighted by Crippen LogP contribution is 2.30. The quantitative estimate of drug-likeness (QED) is 0.763. The molecule has 1 heterocycles. The van der Waals surface area contributed by atoms with E-state index < -0.39 is 0 Å². The smallest absolute Gasteiger partial charge is 0.101 e. The fourth-order valence-electron chi connectivity index (χ4n) is 1.64. The van der Waals surface area contributed by atoms with Crippen LogP contribution in [-0.2, 0) is 0 Å². The SMILES string of the molecule is Cc1[nH]c2c(C#N)ccc(Br)c2c1C. The number of aromatic amines is 1. The van der Waals surface area contributed by atoms with Gasteiger partial charge in [-0.2, -0.15) is 5.26 Å². The predicted octanol–water partition coefficient (Wildman–Crippen LogP) is 3.42. The van der Waals surface area contributed by atoms with Crippen LogP contribution in [0.5, 0.6) is 0 Å². The Morgan fingerprint density at radius 1 is 1.36 bits per heavy atom. The van der Waals surface area contributed by atoms with E-state index >= 15 is 0 Å². The van der Waals surface area contributed by atoms with Gasteiger partial charge in [-0.25, -0.2) is 0 Å². The van der Waals surface area contributed by atoms with Gasteiger partial charge in [0.1, 0.15) is 6.07 Å². The molecule has 14 heavy (non-hydrogen) atoms. The molecule has 0 aliphatic heterocycles. The molecule has 2 rings (SSSR count). The molecule has 2 nitrogen and oxygen atoms in total. The van der Waals surface area contributed by atoms with Crippen LogP contribution in [0.15, 0.2) is 16.6 Å². The van der Waals surface area contributed by atoms with Crippen LogP contribution in [-0.4, -0.2) is 4.98 Å². The highest BCUT2D eigenvalue weighted by atomic mass is 79.9. The molecular formula is C11H9BrN2. The first-order chi connectivity index (χ1) is 6.65. The summed E-state index contributed by atoms with van der Waals surface area (Å²) in [6.07, 6.45) is 0. The molecule has 0 saturated heterocycles. The van der Waals surface area contributed by atoms with Gasteiger partial charge < -0.3 is 4.98 Å². The summed E-state index contributed by atoms with van der Waals surface area (Å²) in [7, 11) is 0. The molecule has 0 bridgehead atoms. The van der Waals surface area contributed by atoms with Crippen LogP contribution in [0.25, 0.3) is 10.9 Å². The number of benzene rings is 1. The molecule has 0 saturated carbocycles. The van der Waals surface area contributed by atoms with E-state index in [9.17, 15) is 0 Å². The van der Waals surface area contributed by atoms with E-state index in [1.165, 1.54) is 5.56 Å². The van der Waals surface area contributed by atoms with Crippen molar-refractivity contribution in [2.24, 2.45) is 0 Å². The number of hydrogen-bond acceptors (Lipinski definition) is 1. The van der Waals surface area contributed by atoms with Gasteiger partial charge in [-0.05, 0) is 31.5 Å². The zero-order chi connectivity index (χ0) is 10.3. The number of aromatic nitrogens is 1. The number of fused-ring (bicyclic) bond motifs is 1. The van der Waals surface area contributed by atoms with Gasteiger partial charge in [0.2, 0.25) is 0 Å². The van der Waals surface area contributed by atoms with Crippen molar-refractivity contribution in [2.75, 3.05) is 0 Å². The van der Waals surface area contributed by atoms with Crippen molar-refractivity contribution in [1.29, 1.82) is 5.26 Å². The van der Waals surface area contributed by atoms with Gasteiger partial charge in [0.15, 0.2) is 0 Å². The highest BCUT2D eigenvalue weighted by Gasteiger charge is 2.10. The summed E-state index contributed by atoms with van der Waals surface area (Å²) in [5, 5.41) is 10.1. The summed E-state index contributed by atoms with van der Waals surface area (Å²) in [6.45, 7) is 4.07. The number of H-pyrrole nitrogens is 1. The standard InChI is InChI=1S/C11H9BrN2/c1-6-7(2)14-11-8(5-13)3-4-9(12)10(6)11/h3-4,14H,1-2H3. The molecule has 1 aromatic heterocycles. The largest absolute Gasteiger partial charge is 0.357 e. The molecule has 3 heteroatoms. The first-order valence-corrected chi connectivity index (χ1v) is 5.12. The maximum absolute atomic E-state index is 8.94. The normalized spacial score (nSPS) is 10.4. The Balaban J connectivity index is 3.00. The lowest BCUT2D eigenvalue weighted by atomic mass is 10.1. The molecule has 1 N–H and O–H groups in total. The minimum absolute atomic E-state index is 0.694. The third-order valence-electron chi connectivity index (χ3n) is 2.52. The lowest BCUT2D eigenvalue weighted by molar-refractivity contribution is 1.25. The first-order valence-electron chi connectivity index (χ1n) is 4.32. The highest BCUT2D eigenvalue weighted by molar-refractivity contribution is 9.10. The summed E-state index contributed by atoms with van der Waals surface area (Å²) in [5.41, 5.74) is 3.93. The summed E-state index contributed by atoms with van der Waals surface area (Å²) in [4.78, 5) is 3.23. The lowest BCUT2D eigenvalue weighted by Crippen LogP contribution is -1.79. The monoisotopic (exact) mass is 248 g/mol. The third-order valence-corrected chi connectivity index (χ3v) is 3.19. The van der Waals surface area contributed by atoms with Gasteiger partial charge in [0, 0.05) is 15.6 Å². The summed E-state index contributed by atoms with van der Waals surface area (Å²) < 4.78 is 1.04. The van der Waals surface area contributed by atoms with Gasteiger partial charge in [0.05, 0.1) is 11.1 Å². The Morgan fingerprint density at radius 3 is 2.71 bits per heavy atom. The summed E-state index contributed by atoms with van der Waals surface area (Å²) in [6, 6.07) is 5.92. The van der Waals surface area contributed by atoms with E-state index in [0.717, 1.165) is 21.1 Å². The molecule has 0 unspecified atom stereocenters. The Labute approximate surface area is 90.7 Å². The lowest BCUT2D eigenvalue weighted by Gasteiger charge is -1.97. The first kappa shape index (κ1) is 9.29. The molecule has 0 radical (unpaired) electrons. The Bertz CT molecular complexity index is 546. The Kier molecular flexibility index (Phi) is 2.09. The van der Waals surface area contributed by atoms with E-state index in [0.29, 0.717) is 5.56 Å². The van der Waals surface area contributed by atoms with Crippen molar-refractivity contribution in [1.82, 2.24) is 4.98 Å². The van der Waals surface area contributed by atoms with E-state index in [2.05, 4.69) is 33.9 Å². The third kappa shape index (κ3) is 1.15. The molecule has 0 spiro atoms. The molecule has 70 valence electrons. The van der Waals surface area contributed by atoms with E-state index in [4.69, 9.17) is 5.26 Å². The van der Waals surface area contributed by atoms with E-state index in [1.807, 2.05) is 19.1 Å². The molecule has 2 aromatic rings. The van der Waals surface area contributed by atoms with Crippen molar-refractivity contribution in [3.8, 4) is 6.07 Å². The zero-order valence-electron chi connectivity index (χ0n) is 7.98. The minimum Gasteiger partial charge on any atom is -0.357 e. The van der Waals surface area contributed by atoms with Gasteiger partial charge in [0.25, 0.3) is 0 Å². The van der Waals surface area contributed by atoms with Crippen LogP contribution in [0, 0.1) is 25.2 Å². The number of nitriles is 1. The average molecular weight is 249 g/mol. The zero-order valence-corrected chi connectivity index (χ0v) is 9.57. The van der Waals surface area contributed by atoms with Crippen molar-refractivity contribution in [2.45, 2.75) is 13.8 Å². The van der Waals surface area contributed by atoms with Gasteiger partial charge >= 0.3 is 0 Å². The fourth-order valence-corrected chi connectivity index (χ4v) is 2.26. The van der Waals surface area contributed by atoms with Crippen LogP contribution in [0.2, 0.25) is 0 Å². The minimum atomic E-state index is 0.694. The van der Waals surface area contributed by atoms with Crippen LogP contribution in [0.1, 0.15) is 16.8 Å². The number of rotatable bonds is 0. The molecule has 0 amide bonds. The summed E-state index contributed by atoms with van der Waals surface area (Å²) >= 11 is 3.49. The van der Waals surface area contributed by atoms with Crippen molar-refractivity contribution < 1.29 is 0 Å². The van der Waals surface area contributed by atoms with Crippen LogP contribution >= 0.6 is 15.9 Å². The topological polar surface area (TPSA) is 39.6 Å². The Morgan fingerprint density at radius 2 is 2.07 bits per heavy atom. The summed E-state index contributed by atoms with van der Waals surface area (Å²) in [5.74, 6) is 0. The van der Waals surface area contributed by atoms with Gasteiger partial charge in [-0.15, -0.1) is 0 Å². The maximum atomic E-state index is 8.94. The molecular weight excluding hydrogens is 240 g/mol. The molecule has 0 atom stereocenters. The molecule has 0 fully saturated rings. The number of nitrogens with zero attached hydrogens (tertiary/aromatic N) is 1. The fraction of sp³-hybridized carbons (Fsp3) is 0.182. The number of halogens is 1. The van der Waals surface area contributed by atoms with Crippen molar-refractivity contribution in [3.05, 3.63) is 33.4 Å². The maximum Gasteiger partial charge on any atom is 0.101 e. The molecule has 0 aliphatic carbocycles. The second kappa shape index (κ2) is 3.14.